The van der Waals surface area contributed by atoms with E-state index in [1.54, 1.807) is 18.2 Å². The predicted molar refractivity (Wildman–Crippen MR) is 79.5 cm³/mol. The number of anilines is 2. The molecule has 110 valence electrons. The van der Waals surface area contributed by atoms with Gasteiger partial charge in [-0.3, -0.25) is 0 Å². The fraction of sp³-hybridized carbons (Fsp3) is 0.312. The van der Waals surface area contributed by atoms with Crippen LogP contribution >= 0.6 is 0 Å². The lowest BCUT2D eigenvalue weighted by molar-refractivity contribution is 0.513. The van der Waals surface area contributed by atoms with Crippen molar-refractivity contribution in [3.63, 3.8) is 0 Å². The average molecular weight is 289 g/mol. The van der Waals surface area contributed by atoms with Crippen molar-refractivity contribution in [3.05, 3.63) is 54.2 Å². The maximum atomic E-state index is 13.6. The Hall–Kier alpha value is -2.17. The summed E-state index contributed by atoms with van der Waals surface area (Å²) in [6, 6.07) is 11.7. The summed E-state index contributed by atoms with van der Waals surface area (Å²) < 4.78 is 26.7. The Morgan fingerprint density at radius 3 is 2.48 bits per heavy atom. The molecule has 21 heavy (non-hydrogen) atoms. The Bertz CT molecular complexity index is 610. The summed E-state index contributed by atoms with van der Waals surface area (Å²) in [7, 11) is 0. The normalized spacial score (nSPS) is 16.0. The highest BCUT2D eigenvalue weighted by atomic mass is 19.1. The van der Waals surface area contributed by atoms with E-state index in [4.69, 9.17) is 0 Å². The number of halogens is 2. The number of para-hydroxylation sites is 1. The van der Waals surface area contributed by atoms with Gasteiger partial charge in [0.05, 0.1) is 5.69 Å². The largest absolute Gasteiger partial charge is 0.380 e. The monoisotopic (exact) mass is 289 g/mol. The second kappa shape index (κ2) is 6.08. The molecule has 1 N–H and O–H groups in total. The molecular weight excluding hydrogens is 272 g/mol. The van der Waals surface area contributed by atoms with Crippen LogP contribution in [0.15, 0.2) is 42.5 Å². The first-order chi connectivity index (χ1) is 10.2. The van der Waals surface area contributed by atoms with Gasteiger partial charge >= 0.3 is 0 Å². The Morgan fingerprint density at radius 1 is 1.00 bits per heavy atom. The van der Waals surface area contributed by atoms with Gasteiger partial charge in [0.15, 0.2) is 0 Å². The lowest BCUT2D eigenvalue weighted by Crippen LogP contribution is -2.39. The van der Waals surface area contributed by atoms with E-state index < -0.39 is 5.95 Å². The second-order valence-corrected chi connectivity index (χ2v) is 5.20. The molecule has 1 aromatic carbocycles. The van der Waals surface area contributed by atoms with Crippen molar-refractivity contribution in [1.82, 2.24) is 4.98 Å². The van der Waals surface area contributed by atoms with E-state index in [0.717, 1.165) is 25.9 Å². The van der Waals surface area contributed by atoms with Crippen molar-refractivity contribution >= 4 is 11.5 Å². The quantitative estimate of drug-likeness (QED) is 0.877. The fourth-order valence-corrected chi connectivity index (χ4v) is 2.62. The third-order valence-electron chi connectivity index (χ3n) is 3.75. The molecule has 0 spiro atoms. The highest BCUT2D eigenvalue weighted by Crippen LogP contribution is 2.22. The van der Waals surface area contributed by atoms with Gasteiger partial charge in [0.2, 0.25) is 5.95 Å². The van der Waals surface area contributed by atoms with Crippen LogP contribution in [0, 0.1) is 11.8 Å². The van der Waals surface area contributed by atoms with Crippen molar-refractivity contribution in [3.8, 4) is 0 Å². The van der Waals surface area contributed by atoms with Crippen molar-refractivity contribution in [2.45, 2.75) is 18.9 Å². The molecule has 2 heterocycles. The summed E-state index contributed by atoms with van der Waals surface area (Å²) in [6.07, 6.45) is 1.74. The molecule has 0 bridgehead atoms. The number of aromatic nitrogens is 1. The molecule has 1 fully saturated rings. The number of piperidine rings is 1. The maximum Gasteiger partial charge on any atom is 0.214 e. The first-order valence-electron chi connectivity index (χ1n) is 7.11. The summed E-state index contributed by atoms with van der Waals surface area (Å²) in [4.78, 5) is 5.96. The Labute approximate surface area is 122 Å². The highest BCUT2D eigenvalue weighted by Gasteiger charge is 2.20. The summed E-state index contributed by atoms with van der Waals surface area (Å²) in [5, 5.41) is 3.24. The highest BCUT2D eigenvalue weighted by molar-refractivity contribution is 5.46. The van der Waals surface area contributed by atoms with Crippen molar-refractivity contribution in [2.24, 2.45) is 0 Å². The molecule has 1 saturated heterocycles. The van der Waals surface area contributed by atoms with Crippen LogP contribution in [-0.2, 0) is 0 Å². The molecule has 0 unspecified atom stereocenters. The van der Waals surface area contributed by atoms with Gasteiger partial charge in [0, 0.05) is 19.1 Å². The molecular formula is C16H17F2N3. The Balaban J connectivity index is 1.59. The van der Waals surface area contributed by atoms with Crippen molar-refractivity contribution < 1.29 is 8.78 Å². The van der Waals surface area contributed by atoms with Crippen LogP contribution in [-0.4, -0.2) is 24.1 Å². The lowest BCUT2D eigenvalue weighted by Gasteiger charge is -2.33. The summed E-state index contributed by atoms with van der Waals surface area (Å²) in [5.74, 6) is -0.0230. The minimum atomic E-state index is -0.459. The molecule has 0 atom stereocenters. The standard InChI is InChI=1S/C16H17F2N3/c17-13-4-1-2-5-14(13)19-12-8-10-21(11-9-12)16-7-3-6-15(18)20-16/h1-7,12,19H,8-11H2. The number of pyridine rings is 1. The van der Waals surface area contributed by atoms with Gasteiger partial charge in [-0.2, -0.15) is 4.39 Å². The van der Waals surface area contributed by atoms with Crippen molar-refractivity contribution in [1.29, 1.82) is 0 Å². The molecule has 3 nitrogen and oxygen atoms in total. The fourth-order valence-electron chi connectivity index (χ4n) is 2.62. The van der Waals surface area contributed by atoms with Gasteiger partial charge in [-0.05, 0) is 37.1 Å². The van der Waals surface area contributed by atoms with Crippen molar-refractivity contribution in [2.75, 3.05) is 23.3 Å². The average Bonchev–Trinajstić information content (AvgIpc) is 2.50. The minimum Gasteiger partial charge on any atom is -0.380 e. The van der Waals surface area contributed by atoms with E-state index in [9.17, 15) is 8.78 Å². The van der Waals surface area contributed by atoms with Gasteiger partial charge in [0.1, 0.15) is 11.6 Å². The van der Waals surface area contributed by atoms with E-state index in [0.29, 0.717) is 11.5 Å². The molecule has 2 aromatic rings. The zero-order chi connectivity index (χ0) is 14.7. The zero-order valence-electron chi connectivity index (χ0n) is 11.6. The number of hydrogen-bond acceptors (Lipinski definition) is 3. The van der Waals surface area contributed by atoms with Crippen LogP contribution in [0.3, 0.4) is 0 Å². The van der Waals surface area contributed by atoms with Crippen LogP contribution in [0.4, 0.5) is 20.3 Å². The van der Waals surface area contributed by atoms with E-state index in [1.165, 1.54) is 12.1 Å². The van der Waals surface area contributed by atoms with Crippen LogP contribution in [0.2, 0.25) is 0 Å². The van der Waals surface area contributed by atoms with Crippen LogP contribution in [0.25, 0.3) is 0 Å². The molecule has 0 radical (unpaired) electrons. The third-order valence-corrected chi connectivity index (χ3v) is 3.75. The number of nitrogens with zero attached hydrogens (tertiary/aromatic N) is 2. The Morgan fingerprint density at radius 2 is 1.76 bits per heavy atom. The van der Waals surface area contributed by atoms with Gasteiger partial charge in [-0.25, -0.2) is 9.37 Å². The van der Waals surface area contributed by atoms with Crippen LogP contribution in [0.1, 0.15) is 12.8 Å². The molecule has 1 aromatic heterocycles. The number of nitrogens with one attached hydrogen (secondary N) is 1. The van der Waals surface area contributed by atoms with Gasteiger partial charge in [-0.15, -0.1) is 0 Å². The van der Waals surface area contributed by atoms with E-state index in [1.807, 2.05) is 12.1 Å². The molecule has 0 aliphatic carbocycles. The third kappa shape index (κ3) is 3.29. The van der Waals surface area contributed by atoms with E-state index in [2.05, 4.69) is 15.2 Å². The smallest absolute Gasteiger partial charge is 0.214 e. The summed E-state index contributed by atoms with van der Waals surface area (Å²) in [5.41, 5.74) is 0.542. The number of benzene rings is 1. The first-order valence-corrected chi connectivity index (χ1v) is 7.11. The molecule has 0 amide bonds. The molecule has 1 aliphatic rings. The molecule has 1 aliphatic heterocycles. The van der Waals surface area contributed by atoms with E-state index in [-0.39, 0.29) is 11.9 Å². The summed E-state index contributed by atoms with van der Waals surface area (Å²) in [6.45, 7) is 1.56. The van der Waals surface area contributed by atoms with E-state index >= 15 is 0 Å². The van der Waals surface area contributed by atoms with Gasteiger partial charge in [0.25, 0.3) is 0 Å². The van der Waals surface area contributed by atoms with Gasteiger partial charge in [-0.1, -0.05) is 18.2 Å². The minimum absolute atomic E-state index is 0.228. The first kappa shape index (κ1) is 13.8. The van der Waals surface area contributed by atoms with Crippen LogP contribution < -0.4 is 10.2 Å². The number of rotatable bonds is 3. The second-order valence-electron chi connectivity index (χ2n) is 5.20. The maximum absolute atomic E-state index is 13.6. The van der Waals surface area contributed by atoms with Gasteiger partial charge < -0.3 is 10.2 Å². The predicted octanol–water partition coefficient (Wildman–Crippen LogP) is 3.44. The zero-order valence-corrected chi connectivity index (χ0v) is 11.6. The molecule has 3 rings (SSSR count). The lowest BCUT2D eigenvalue weighted by atomic mass is 10.0. The topological polar surface area (TPSA) is 28.2 Å². The molecule has 0 saturated carbocycles. The Kier molecular flexibility index (Phi) is 3.99. The summed E-state index contributed by atoms with van der Waals surface area (Å²) >= 11 is 0. The van der Waals surface area contributed by atoms with Crippen LogP contribution in [0.5, 0.6) is 0 Å². The number of hydrogen-bond donors (Lipinski definition) is 1. The molecule has 5 heteroatoms. The SMILES string of the molecule is Fc1cccc(N2CCC(Nc3ccccc3F)CC2)n1.